The second kappa shape index (κ2) is 6.11. The maximum absolute atomic E-state index is 10.9. The average molecular weight is 215 g/mol. The molecule has 0 aliphatic carbocycles. The normalized spacial score (nSPS) is 17.9. The molecule has 0 aromatic heterocycles. The number of nitrogens with zero attached hydrogens (tertiary/aromatic N) is 1. The highest BCUT2D eigenvalue weighted by Crippen LogP contribution is 2.16. The first-order chi connectivity index (χ1) is 6.77. The van der Waals surface area contributed by atoms with Gasteiger partial charge in [-0.2, -0.15) is 0 Å². The van der Waals surface area contributed by atoms with E-state index in [1.165, 1.54) is 0 Å². The van der Waals surface area contributed by atoms with Crippen molar-refractivity contribution in [2.75, 3.05) is 7.05 Å². The van der Waals surface area contributed by atoms with E-state index < -0.39 is 5.97 Å². The van der Waals surface area contributed by atoms with Crippen LogP contribution in [-0.2, 0) is 4.79 Å². The van der Waals surface area contributed by atoms with Gasteiger partial charge in [0.05, 0.1) is 5.92 Å². The van der Waals surface area contributed by atoms with Crippen molar-refractivity contribution in [2.45, 2.75) is 53.1 Å². The summed E-state index contributed by atoms with van der Waals surface area (Å²) in [7, 11) is 2.01. The molecule has 3 atom stereocenters. The van der Waals surface area contributed by atoms with Gasteiger partial charge in [-0.15, -0.1) is 0 Å². The molecule has 3 heteroatoms. The molecule has 0 amide bonds. The van der Waals surface area contributed by atoms with E-state index >= 15 is 0 Å². The fourth-order valence-corrected chi connectivity index (χ4v) is 1.81. The van der Waals surface area contributed by atoms with Gasteiger partial charge in [0.2, 0.25) is 0 Å². The van der Waals surface area contributed by atoms with Crippen LogP contribution in [0.4, 0.5) is 0 Å². The summed E-state index contributed by atoms with van der Waals surface area (Å²) >= 11 is 0. The Kier molecular flexibility index (Phi) is 5.88. The van der Waals surface area contributed by atoms with Crippen LogP contribution in [0.2, 0.25) is 0 Å². The summed E-state index contributed by atoms with van der Waals surface area (Å²) in [5.74, 6) is -0.384. The third kappa shape index (κ3) is 4.65. The van der Waals surface area contributed by atoms with Crippen molar-refractivity contribution in [3.05, 3.63) is 0 Å². The van der Waals surface area contributed by atoms with Crippen LogP contribution in [0.1, 0.15) is 41.0 Å². The van der Waals surface area contributed by atoms with Crippen LogP contribution in [0.3, 0.4) is 0 Å². The maximum Gasteiger partial charge on any atom is 0.307 e. The summed E-state index contributed by atoms with van der Waals surface area (Å²) in [5.41, 5.74) is 0. The third-order valence-corrected chi connectivity index (χ3v) is 3.26. The molecular formula is C12H25NO2. The lowest BCUT2D eigenvalue weighted by Gasteiger charge is -2.33. The van der Waals surface area contributed by atoms with Crippen molar-refractivity contribution in [1.82, 2.24) is 4.90 Å². The minimum Gasteiger partial charge on any atom is -0.481 e. The minimum atomic E-state index is -0.717. The number of hydrogen-bond donors (Lipinski definition) is 1. The van der Waals surface area contributed by atoms with Crippen LogP contribution in [-0.4, -0.2) is 35.1 Å². The van der Waals surface area contributed by atoms with Crippen molar-refractivity contribution in [3.63, 3.8) is 0 Å². The van der Waals surface area contributed by atoms with E-state index in [0.717, 1.165) is 6.42 Å². The van der Waals surface area contributed by atoms with E-state index in [1.54, 1.807) is 6.92 Å². The van der Waals surface area contributed by atoms with Gasteiger partial charge in [-0.05, 0) is 33.2 Å². The average Bonchev–Trinajstić information content (AvgIpc) is 2.13. The topological polar surface area (TPSA) is 40.5 Å². The first kappa shape index (κ1) is 14.4. The van der Waals surface area contributed by atoms with Crippen molar-refractivity contribution in [3.8, 4) is 0 Å². The van der Waals surface area contributed by atoms with E-state index in [9.17, 15) is 4.79 Å². The van der Waals surface area contributed by atoms with Gasteiger partial charge >= 0.3 is 5.97 Å². The summed E-state index contributed by atoms with van der Waals surface area (Å²) < 4.78 is 0. The highest BCUT2D eigenvalue weighted by atomic mass is 16.4. The highest BCUT2D eigenvalue weighted by molar-refractivity contribution is 5.70. The molecule has 0 radical (unpaired) electrons. The zero-order chi connectivity index (χ0) is 12.2. The number of carboxylic acid groups (broad SMARTS) is 1. The third-order valence-electron chi connectivity index (χ3n) is 3.26. The second-order valence-electron chi connectivity index (χ2n) is 5.01. The molecule has 0 saturated heterocycles. The highest BCUT2D eigenvalue weighted by Gasteiger charge is 2.25. The Morgan fingerprint density at radius 3 is 2.00 bits per heavy atom. The molecule has 1 N–H and O–H groups in total. The first-order valence-corrected chi connectivity index (χ1v) is 5.72. The molecule has 3 unspecified atom stereocenters. The molecular weight excluding hydrogens is 190 g/mol. The number of carbonyl (C=O) groups is 1. The smallest absolute Gasteiger partial charge is 0.307 e. The fraction of sp³-hybridized carbons (Fsp3) is 0.917. The first-order valence-electron chi connectivity index (χ1n) is 5.72. The van der Waals surface area contributed by atoms with Crippen molar-refractivity contribution < 1.29 is 9.90 Å². The summed E-state index contributed by atoms with van der Waals surface area (Å²) in [5, 5.41) is 8.94. The van der Waals surface area contributed by atoms with Gasteiger partial charge in [-0.3, -0.25) is 4.79 Å². The second-order valence-corrected chi connectivity index (χ2v) is 5.01. The quantitative estimate of drug-likeness (QED) is 0.740. The molecule has 0 saturated carbocycles. The molecule has 0 fully saturated rings. The number of hydrogen-bond acceptors (Lipinski definition) is 2. The number of rotatable bonds is 6. The van der Waals surface area contributed by atoms with E-state index in [4.69, 9.17) is 5.11 Å². The lowest BCUT2D eigenvalue weighted by atomic mass is 9.98. The SMILES string of the molecule is CC(C)CC(C)N(C)C(C)C(C)C(=O)O. The summed E-state index contributed by atoms with van der Waals surface area (Å²) in [4.78, 5) is 13.0. The van der Waals surface area contributed by atoms with E-state index in [1.807, 2.05) is 14.0 Å². The zero-order valence-electron chi connectivity index (χ0n) is 10.8. The van der Waals surface area contributed by atoms with Crippen molar-refractivity contribution in [2.24, 2.45) is 11.8 Å². The van der Waals surface area contributed by atoms with E-state index in [-0.39, 0.29) is 12.0 Å². The zero-order valence-corrected chi connectivity index (χ0v) is 10.8. The lowest BCUT2D eigenvalue weighted by Crippen LogP contribution is -2.43. The van der Waals surface area contributed by atoms with Gasteiger partial charge in [-0.25, -0.2) is 0 Å². The van der Waals surface area contributed by atoms with Gasteiger partial charge in [0.1, 0.15) is 0 Å². The predicted octanol–water partition coefficient (Wildman–Crippen LogP) is 2.46. The Hall–Kier alpha value is -0.570. The molecule has 90 valence electrons. The predicted molar refractivity (Wildman–Crippen MR) is 62.9 cm³/mol. The molecule has 0 heterocycles. The van der Waals surface area contributed by atoms with Crippen LogP contribution < -0.4 is 0 Å². The van der Waals surface area contributed by atoms with Crippen LogP contribution in [0, 0.1) is 11.8 Å². The van der Waals surface area contributed by atoms with Crippen LogP contribution in [0.25, 0.3) is 0 Å². The van der Waals surface area contributed by atoms with E-state index in [2.05, 4.69) is 25.7 Å². The Balaban J connectivity index is 4.29. The molecule has 0 spiro atoms. The molecule has 0 aliphatic rings. The van der Waals surface area contributed by atoms with Gasteiger partial charge in [-0.1, -0.05) is 20.8 Å². The fourth-order valence-electron chi connectivity index (χ4n) is 1.81. The van der Waals surface area contributed by atoms with Crippen LogP contribution >= 0.6 is 0 Å². The van der Waals surface area contributed by atoms with Crippen LogP contribution in [0.15, 0.2) is 0 Å². The standard InChI is InChI=1S/C12H25NO2/c1-8(2)7-9(3)13(6)11(5)10(4)12(14)15/h8-11H,7H2,1-6H3,(H,14,15). The number of carboxylic acids is 1. The summed E-state index contributed by atoms with van der Waals surface area (Å²) in [6, 6.07) is 0.512. The molecule has 3 nitrogen and oxygen atoms in total. The van der Waals surface area contributed by atoms with E-state index in [0.29, 0.717) is 12.0 Å². The molecule has 15 heavy (non-hydrogen) atoms. The molecule has 0 bridgehead atoms. The molecule has 0 aromatic carbocycles. The largest absolute Gasteiger partial charge is 0.481 e. The van der Waals surface area contributed by atoms with Gasteiger partial charge in [0.25, 0.3) is 0 Å². The van der Waals surface area contributed by atoms with Gasteiger partial charge < -0.3 is 10.0 Å². The Morgan fingerprint density at radius 1 is 1.20 bits per heavy atom. The van der Waals surface area contributed by atoms with Crippen molar-refractivity contribution in [1.29, 1.82) is 0 Å². The lowest BCUT2D eigenvalue weighted by molar-refractivity contribution is -0.143. The van der Waals surface area contributed by atoms with Crippen LogP contribution in [0.5, 0.6) is 0 Å². The maximum atomic E-state index is 10.9. The Labute approximate surface area is 93.5 Å². The summed E-state index contributed by atoms with van der Waals surface area (Å²) in [6.07, 6.45) is 1.10. The van der Waals surface area contributed by atoms with Gasteiger partial charge in [0, 0.05) is 12.1 Å². The monoisotopic (exact) mass is 215 g/mol. The van der Waals surface area contributed by atoms with Gasteiger partial charge in [0.15, 0.2) is 0 Å². The van der Waals surface area contributed by atoms with Crippen molar-refractivity contribution >= 4 is 5.97 Å². The Bertz CT molecular complexity index is 204. The summed E-state index contributed by atoms with van der Waals surface area (Å²) in [6.45, 7) is 10.3. The molecule has 0 aliphatic heterocycles. The molecule has 0 rings (SSSR count). The number of aliphatic carboxylic acids is 1. The Morgan fingerprint density at radius 2 is 1.67 bits per heavy atom. The minimum absolute atomic E-state index is 0.0799. The molecule has 0 aromatic rings.